The summed E-state index contributed by atoms with van der Waals surface area (Å²) in [7, 11) is -1.12. The lowest BCUT2D eigenvalue weighted by Gasteiger charge is -2.34. The van der Waals surface area contributed by atoms with Gasteiger partial charge in [0.15, 0.2) is 0 Å². The molecule has 0 saturated heterocycles. The van der Waals surface area contributed by atoms with Gasteiger partial charge in [-0.25, -0.2) is 8.42 Å². The lowest BCUT2D eigenvalue weighted by molar-refractivity contribution is -0.140. The largest absolute Gasteiger partial charge is 0.497 e. The highest BCUT2D eigenvalue weighted by molar-refractivity contribution is 7.92. The first-order valence-corrected chi connectivity index (χ1v) is 15.9. The van der Waals surface area contributed by atoms with E-state index in [9.17, 15) is 18.0 Å². The van der Waals surface area contributed by atoms with Crippen molar-refractivity contribution in [3.63, 3.8) is 0 Å². The fourth-order valence-electron chi connectivity index (χ4n) is 4.46. The Labute approximate surface area is 253 Å². The van der Waals surface area contributed by atoms with E-state index in [1.54, 1.807) is 36.4 Å². The van der Waals surface area contributed by atoms with Gasteiger partial charge in [-0.05, 0) is 35.7 Å². The van der Waals surface area contributed by atoms with Gasteiger partial charge in [0.2, 0.25) is 21.8 Å². The van der Waals surface area contributed by atoms with E-state index in [4.69, 9.17) is 21.1 Å². The predicted molar refractivity (Wildman–Crippen MR) is 166 cm³/mol. The van der Waals surface area contributed by atoms with Crippen LogP contribution in [0.1, 0.15) is 30.9 Å². The molecule has 11 heteroatoms. The zero-order valence-corrected chi connectivity index (χ0v) is 26.0. The van der Waals surface area contributed by atoms with Crippen molar-refractivity contribution in [2.24, 2.45) is 0 Å². The van der Waals surface area contributed by atoms with Crippen molar-refractivity contribution < 1.29 is 27.5 Å². The summed E-state index contributed by atoms with van der Waals surface area (Å²) in [6.07, 6.45) is 2.89. The molecule has 2 amide bonds. The summed E-state index contributed by atoms with van der Waals surface area (Å²) >= 11 is 6.49. The number of methoxy groups -OCH3 is 2. The van der Waals surface area contributed by atoms with Gasteiger partial charge in [0, 0.05) is 30.6 Å². The van der Waals surface area contributed by atoms with Crippen molar-refractivity contribution in [1.82, 2.24) is 10.2 Å². The van der Waals surface area contributed by atoms with Crippen LogP contribution in [-0.4, -0.2) is 64.7 Å². The van der Waals surface area contributed by atoms with E-state index in [1.807, 2.05) is 37.3 Å². The summed E-state index contributed by atoms with van der Waals surface area (Å²) in [5.74, 6) is -0.295. The molecule has 1 unspecified atom stereocenters. The molecule has 0 saturated carbocycles. The lowest BCUT2D eigenvalue weighted by Crippen LogP contribution is -2.53. The van der Waals surface area contributed by atoms with E-state index < -0.39 is 28.5 Å². The van der Waals surface area contributed by atoms with Gasteiger partial charge in [-0.3, -0.25) is 13.9 Å². The quantitative estimate of drug-likeness (QED) is 0.249. The molecule has 1 N–H and O–H groups in total. The molecule has 1 atom stereocenters. The first-order chi connectivity index (χ1) is 20.1. The molecule has 3 aromatic rings. The summed E-state index contributed by atoms with van der Waals surface area (Å²) in [5.41, 5.74) is 1.61. The first-order valence-electron chi connectivity index (χ1n) is 13.6. The van der Waals surface area contributed by atoms with Gasteiger partial charge in [0.25, 0.3) is 0 Å². The van der Waals surface area contributed by atoms with Crippen LogP contribution in [0.15, 0.2) is 72.8 Å². The van der Waals surface area contributed by atoms with Crippen molar-refractivity contribution in [1.29, 1.82) is 0 Å². The summed E-state index contributed by atoms with van der Waals surface area (Å²) < 4.78 is 37.9. The van der Waals surface area contributed by atoms with Crippen LogP contribution in [-0.2, 0) is 32.6 Å². The van der Waals surface area contributed by atoms with E-state index in [1.165, 1.54) is 25.2 Å². The highest BCUT2D eigenvalue weighted by Gasteiger charge is 2.34. The summed E-state index contributed by atoms with van der Waals surface area (Å²) in [5, 5.41) is 3.38. The molecular formula is C31H38ClN3O6S. The molecule has 9 nitrogen and oxygen atoms in total. The molecule has 3 rings (SSSR count). The number of hydrogen-bond acceptors (Lipinski definition) is 6. The molecular weight excluding hydrogens is 578 g/mol. The molecule has 226 valence electrons. The van der Waals surface area contributed by atoms with Crippen LogP contribution in [0.3, 0.4) is 0 Å². The van der Waals surface area contributed by atoms with E-state index >= 15 is 0 Å². The van der Waals surface area contributed by atoms with Crippen LogP contribution in [0.4, 0.5) is 5.69 Å². The Morgan fingerprint density at radius 3 is 2.29 bits per heavy atom. The topological polar surface area (TPSA) is 105 Å². The second-order valence-corrected chi connectivity index (χ2v) is 12.1. The van der Waals surface area contributed by atoms with Gasteiger partial charge in [-0.2, -0.15) is 0 Å². The first kappa shape index (κ1) is 32.8. The smallest absolute Gasteiger partial charge is 0.244 e. The van der Waals surface area contributed by atoms with Crippen molar-refractivity contribution in [3.05, 3.63) is 88.9 Å². The van der Waals surface area contributed by atoms with Crippen LogP contribution in [0.2, 0.25) is 5.02 Å². The third-order valence-corrected chi connectivity index (χ3v) is 8.23. The molecule has 3 aromatic carbocycles. The Hall–Kier alpha value is -3.76. The normalized spacial score (nSPS) is 11.8. The van der Waals surface area contributed by atoms with Crippen molar-refractivity contribution in [2.75, 3.05) is 37.9 Å². The van der Waals surface area contributed by atoms with E-state index in [2.05, 4.69) is 5.32 Å². The molecule has 0 aliphatic rings. The fraction of sp³-hybridized carbons (Fsp3) is 0.355. The highest BCUT2D eigenvalue weighted by Crippen LogP contribution is 2.34. The highest BCUT2D eigenvalue weighted by atomic mass is 35.5. The SMILES string of the molecule is CCCCNC(=O)C(Cc1ccccc1)N(Cc1ccccc1Cl)C(=O)CN(c1cc(OC)ccc1OC)S(C)(=O)=O. The number of halogens is 1. The Morgan fingerprint density at radius 1 is 0.976 bits per heavy atom. The standard InChI is InChI=1S/C31H38ClN3O6S/c1-5-6-18-33-31(37)28(19-23-12-8-7-9-13-23)34(21-24-14-10-11-15-26(24)32)30(36)22-35(42(4,38)39)27-20-25(40-2)16-17-29(27)41-3/h7-17,20,28H,5-6,18-19,21-22H2,1-4H3,(H,33,37). The monoisotopic (exact) mass is 615 g/mol. The maximum absolute atomic E-state index is 14.2. The van der Waals surface area contributed by atoms with Gasteiger partial charge < -0.3 is 19.7 Å². The van der Waals surface area contributed by atoms with E-state index in [-0.39, 0.29) is 30.3 Å². The molecule has 0 fully saturated rings. The van der Waals surface area contributed by atoms with Gasteiger partial charge in [0.1, 0.15) is 24.1 Å². The maximum Gasteiger partial charge on any atom is 0.244 e. The number of carbonyl (C=O) groups is 2. The van der Waals surface area contributed by atoms with E-state index in [0.717, 1.165) is 29.0 Å². The number of nitrogens with zero attached hydrogens (tertiary/aromatic N) is 2. The average Bonchev–Trinajstić information content (AvgIpc) is 2.98. The van der Waals surface area contributed by atoms with Gasteiger partial charge >= 0.3 is 0 Å². The number of unbranched alkanes of at least 4 members (excludes halogenated alkanes) is 1. The summed E-state index contributed by atoms with van der Waals surface area (Å²) in [4.78, 5) is 29.3. The minimum absolute atomic E-state index is 0.00987. The van der Waals surface area contributed by atoms with E-state index in [0.29, 0.717) is 22.9 Å². The molecule has 0 spiro atoms. The number of rotatable bonds is 15. The van der Waals surface area contributed by atoms with Crippen LogP contribution < -0.4 is 19.1 Å². The number of anilines is 1. The van der Waals surface area contributed by atoms with Crippen molar-refractivity contribution in [2.45, 2.75) is 38.8 Å². The number of ether oxygens (including phenoxy) is 2. The number of amides is 2. The number of sulfonamides is 1. The molecule has 0 radical (unpaired) electrons. The van der Waals surface area contributed by atoms with Crippen LogP contribution in [0.25, 0.3) is 0 Å². The Balaban J connectivity index is 2.10. The Kier molecular flexibility index (Phi) is 12.1. The molecule has 0 aromatic heterocycles. The molecule has 42 heavy (non-hydrogen) atoms. The maximum atomic E-state index is 14.2. The molecule has 0 bridgehead atoms. The third-order valence-electron chi connectivity index (χ3n) is 6.73. The zero-order valence-electron chi connectivity index (χ0n) is 24.4. The van der Waals surface area contributed by atoms with Crippen LogP contribution in [0, 0.1) is 0 Å². The second-order valence-electron chi connectivity index (χ2n) is 9.77. The number of hydrogen-bond donors (Lipinski definition) is 1. The Morgan fingerprint density at radius 2 is 1.67 bits per heavy atom. The minimum atomic E-state index is -3.98. The van der Waals surface area contributed by atoms with Crippen molar-refractivity contribution in [3.8, 4) is 11.5 Å². The minimum Gasteiger partial charge on any atom is -0.497 e. The van der Waals surface area contributed by atoms with Gasteiger partial charge in [-0.15, -0.1) is 0 Å². The number of carbonyl (C=O) groups excluding carboxylic acids is 2. The number of benzene rings is 3. The zero-order chi connectivity index (χ0) is 30.7. The van der Waals surface area contributed by atoms with Gasteiger partial charge in [-0.1, -0.05) is 73.5 Å². The molecule has 0 heterocycles. The second kappa shape index (κ2) is 15.5. The molecule has 0 aliphatic carbocycles. The third kappa shape index (κ3) is 8.87. The number of nitrogens with one attached hydrogen (secondary N) is 1. The predicted octanol–water partition coefficient (Wildman–Crippen LogP) is 4.68. The van der Waals surface area contributed by atoms with Gasteiger partial charge in [0.05, 0.1) is 26.2 Å². The van der Waals surface area contributed by atoms with Crippen molar-refractivity contribution >= 4 is 39.1 Å². The van der Waals surface area contributed by atoms with Crippen LogP contribution in [0.5, 0.6) is 11.5 Å². The summed E-state index contributed by atoms with van der Waals surface area (Å²) in [6.45, 7) is 1.88. The average molecular weight is 616 g/mol. The summed E-state index contributed by atoms with van der Waals surface area (Å²) in [6, 6.07) is 20.2. The molecule has 0 aliphatic heterocycles. The fourth-order valence-corrected chi connectivity index (χ4v) is 5.50. The lowest BCUT2D eigenvalue weighted by atomic mass is 10.0. The Bertz CT molecular complexity index is 1450. The van der Waals surface area contributed by atoms with Crippen LogP contribution >= 0.6 is 11.6 Å².